The number of hydrogen-bond acceptors (Lipinski definition) is 8. The van der Waals surface area contributed by atoms with Crippen LogP contribution in [0.1, 0.15) is 18.9 Å². The molecule has 0 fully saturated rings. The number of allylic oxidation sites excluding steroid dienone is 1. The van der Waals surface area contributed by atoms with Crippen molar-refractivity contribution in [2.24, 2.45) is 10.1 Å². The van der Waals surface area contributed by atoms with Crippen molar-refractivity contribution in [2.45, 2.75) is 19.9 Å². The summed E-state index contributed by atoms with van der Waals surface area (Å²) in [5.74, 6) is 1.27. The summed E-state index contributed by atoms with van der Waals surface area (Å²) in [6.07, 6.45) is 1.95. The zero-order valence-corrected chi connectivity index (χ0v) is 20.8. The van der Waals surface area contributed by atoms with E-state index < -0.39 is 0 Å². The molecule has 0 aliphatic carbocycles. The molecule has 2 aromatic rings. The zero-order valence-electron chi connectivity index (χ0n) is 20.0. The molecule has 1 radical (unpaired) electrons. The Morgan fingerprint density at radius 3 is 2.72 bits per heavy atom. The monoisotopic (exact) mass is 510 g/mol. The molecule has 4 rings (SSSR count). The minimum absolute atomic E-state index is 0.142. The molecule has 0 bridgehead atoms. The summed E-state index contributed by atoms with van der Waals surface area (Å²) in [5.41, 5.74) is 1.86. The van der Waals surface area contributed by atoms with E-state index in [9.17, 15) is 9.59 Å². The van der Waals surface area contributed by atoms with Gasteiger partial charge in [0.2, 0.25) is 5.91 Å². The molecule has 0 saturated heterocycles. The molecule has 0 aromatic heterocycles. The number of methoxy groups -OCH3 is 1. The highest BCUT2D eigenvalue weighted by molar-refractivity contribution is 6.30. The fourth-order valence-electron chi connectivity index (χ4n) is 3.59. The third-order valence-corrected chi connectivity index (χ3v) is 5.67. The fraction of sp³-hybridized carbons (Fsp3) is 0.280. The standard InChI is InChI=1S/C25H27ClN6O4/c1-17-23-24(34)31(15-22(33)27-11-4-12-36-21-6-3-5-19(26)13-21)16-29-32(23)25(30-17)28-14-18-7-9-20(35-2)10-8-18/h3,5-10,13,16H,4,11-12,14-15H2,1-2H3,(H,27,33)(H,28,30)/q+1. The fourth-order valence-corrected chi connectivity index (χ4v) is 3.77. The SMILES string of the molecule is COc1ccc(CNC2=NC(C)=C3C(=O)N(CC(=O)NCCCOc4cccc(Cl)c4)C=N[N+]23)cc1. The van der Waals surface area contributed by atoms with E-state index in [1.54, 1.807) is 26.2 Å². The first-order chi connectivity index (χ1) is 17.4. The van der Waals surface area contributed by atoms with Gasteiger partial charge in [-0.25, -0.2) is 0 Å². The van der Waals surface area contributed by atoms with Crippen LogP contribution in [0.3, 0.4) is 0 Å². The van der Waals surface area contributed by atoms with Gasteiger partial charge >= 0.3 is 17.6 Å². The van der Waals surface area contributed by atoms with Crippen molar-refractivity contribution in [3.63, 3.8) is 0 Å². The van der Waals surface area contributed by atoms with Crippen molar-refractivity contribution in [1.29, 1.82) is 0 Å². The van der Waals surface area contributed by atoms with Crippen LogP contribution >= 0.6 is 11.6 Å². The molecule has 11 heteroatoms. The molecule has 36 heavy (non-hydrogen) atoms. The number of hydrazone groups is 1. The van der Waals surface area contributed by atoms with E-state index in [1.807, 2.05) is 36.4 Å². The van der Waals surface area contributed by atoms with Crippen molar-refractivity contribution in [1.82, 2.24) is 20.5 Å². The maximum Gasteiger partial charge on any atom is 0.389 e. The summed E-state index contributed by atoms with van der Waals surface area (Å²) in [5, 5.41) is 12.4. The van der Waals surface area contributed by atoms with Crippen molar-refractivity contribution >= 4 is 35.7 Å². The summed E-state index contributed by atoms with van der Waals surface area (Å²) in [4.78, 5) is 31.1. The number of guanidine groups is 1. The van der Waals surface area contributed by atoms with Crippen LogP contribution in [0.2, 0.25) is 5.02 Å². The second kappa shape index (κ2) is 11.7. The van der Waals surface area contributed by atoms with Gasteiger partial charge in [0, 0.05) is 18.1 Å². The van der Waals surface area contributed by atoms with Crippen LogP contribution in [0.15, 0.2) is 70.0 Å². The Bertz CT molecular complexity index is 1210. The number of fused-ring (bicyclic) bond motifs is 1. The number of halogens is 1. The number of nitrogens with zero attached hydrogens (tertiary/aromatic N) is 4. The lowest BCUT2D eigenvalue weighted by Gasteiger charge is -2.19. The summed E-state index contributed by atoms with van der Waals surface area (Å²) in [6.45, 7) is 2.93. The molecule has 0 unspecified atom stereocenters. The predicted molar refractivity (Wildman–Crippen MR) is 137 cm³/mol. The lowest BCUT2D eigenvalue weighted by atomic mass is 10.2. The molecule has 2 amide bonds. The molecule has 0 atom stereocenters. The third-order valence-electron chi connectivity index (χ3n) is 5.43. The van der Waals surface area contributed by atoms with E-state index in [1.165, 1.54) is 16.2 Å². The molecule has 0 saturated carbocycles. The molecule has 2 aliphatic rings. The Kier molecular flexibility index (Phi) is 8.19. The number of hydrogen-bond donors (Lipinski definition) is 2. The summed E-state index contributed by atoms with van der Waals surface area (Å²) < 4.78 is 10.8. The quantitative estimate of drug-likeness (QED) is 0.377. The van der Waals surface area contributed by atoms with Crippen LogP contribution in [-0.2, 0) is 16.1 Å². The van der Waals surface area contributed by atoms with Gasteiger partial charge in [-0.15, -0.1) is 0 Å². The van der Waals surface area contributed by atoms with E-state index in [4.69, 9.17) is 21.1 Å². The van der Waals surface area contributed by atoms with E-state index in [-0.39, 0.29) is 18.4 Å². The van der Waals surface area contributed by atoms with E-state index in [2.05, 4.69) is 20.7 Å². The van der Waals surface area contributed by atoms with E-state index in [0.717, 1.165) is 11.3 Å². The van der Waals surface area contributed by atoms with Gasteiger partial charge in [-0.3, -0.25) is 14.5 Å². The summed E-state index contributed by atoms with van der Waals surface area (Å²) in [7, 11) is 1.62. The molecular formula is C25H27ClN6O4+. The Morgan fingerprint density at radius 1 is 1.17 bits per heavy atom. The van der Waals surface area contributed by atoms with E-state index >= 15 is 0 Å². The maximum atomic E-state index is 13.0. The highest BCUT2D eigenvalue weighted by atomic mass is 35.5. The molecule has 2 aromatic carbocycles. The average molecular weight is 511 g/mol. The lowest BCUT2D eigenvalue weighted by Crippen LogP contribution is -2.50. The van der Waals surface area contributed by atoms with Crippen LogP contribution in [0.5, 0.6) is 11.5 Å². The van der Waals surface area contributed by atoms with Gasteiger partial charge in [-0.1, -0.05) is 29.8 Å². The van der Waals surface area contributed by atoms with Crippen LogP contribution < -0.4 is 25.1 Å². The van der Waals surface area contributed by atoms with Crippen LogP contribution in [0.4, 0.5) is 0 Å². The highest BCUT2D eigenvalue weighted by Gasteiger charge is 2.48. The Hall–Kier alpha value is -3.89. The Labute approximate surface area is 214 Å². The first-order valence-corrected chi connectivity index (χ1v) is 11.8. The number of amides is 2. The molecular weight excluding hydrogens is 484 g/mol. The molecule has 10 nitrogen and oxygen atoms in total. The van der Waals surface area contributed by atoms with Gasteiger partial charge in [-0.05, 0) is 54.3 Å². The molecule has 0 spiro atoms. The minimum atomic E-state index is -0.341. The minimum Gasteiger partial charge on any atom is -0.497 e. The van der Waals surface area contributed by atoms with Gasteiger partial charge in [0.05, 0.1) is 18.7 Å². The molecule has 187 valence electrons. The first-order valence-electron chi connectivity index (χ1n) is 11.4. The van der Waals surface area contributed by atoms with Gasteiger partial charge in [0.25, 0.3) is 0 Å². The van der Waals surface area contributed by atoms with Crippen molar-refractivity contribution in [3.05, 3.63) is 70.5 Å². The average Bonchev–Trinajstić information content (AvgIpc) is 3.20. The number of rotatable bonds is 10. The van der Waals surface area contributed by atoms with Gasteiger partial charge < -0.3 is 20.1 Å². The predicted octanol–water partition coefficient (Wildman–Crippen LogP) is 2.55. The third kappa shape index (κ3) is 6.21. The lowest BCUT2D eigenvalue weighted by molar-refractivity contribution is -0.130. The van der Waals surface area contributed by atoms with Crippen LogP contribution in [0.25, 0.3) is 0 Å². The summed E-state index contributed by atoms with van der Waals surface area (Å²) >= 11 is 5.93. The summed E-state index contributed by atoms with van der Waals surface area (Å²) in [6, 6.07) is 14.8. The van der Waals surface area contributed by atoms with Crippen LogP contribution in [-0.4, -0.2) is 55.8 Å². The molecule has 2 N–H and O–H groups in total. The molecule has 2 aliphatic heterocycles. The van der Waals surface area contributed by atoms with Crippen molar-refractivity contribution < 1.29 is 19.1 Å². The number of carbonyl (C=O) groups is 2. The smallest absolute Gasteiger partial charge is 0.389 e. The first kappa shape index (κ1) is 25.2. The number of carbonyl (C=O) groups excluding carboxylic acids is 2. The van der Waals surface area contributed by atoms with Crippen molar-refractivity contribution in [2.75, 3.05) is 26.8 Å². The van der Waals surface area contributed by atoms with Crippen molar-refractivity contribution in [3.8, 4) is 11.5 Å². The highest BCUT2D eigenvalue weighted by Crippen LogP contribution is 2.22. The number of aliphatic imine (C=N–C) groups is 1. The number of benzene rings is 2. The zero-order chi connectivity index (χ0) is 25.5. The van der Waals surface area contributed by atoms with Gasteiger partial charge in [0.15, 0.2) is 6.34 Å². The van der Waals surface area contributed by atoms with Gasteiger partial charge in [0.1, 0.15) is 23.7 Å². The largest absolute Gasteiger partial charge is 0.497 e. The molecule has 2 heterocycles. The van der Waals surface area contributed by atoms with Gasteiger partial charge in [-0.2, -0.15) is 4.99 Å². The Balaban J connectivity index is 1.23. The van der Waals surface area contributed by atoms with E-state index in [0.29, 0.717) is 54.2 Å². The Morgan fingerprint density at radius 2 is 1.97 bits per heavy atom. The normalized spacial score (nSPS) is 15.0. The number of nitrogens with one attached hydrogen (secondary N) is 2. The maximum absolute atomic E-state index is 13.0. The number of ether oxygens (including phenoxy) is 2. The van der Waals surface area contributed by atoms with Crippen LogP contribution in [0, 0.1) is 0 Å². The topological polar surface area (TPSA) is 111 Å². The second-order valence-corrected chi connectivity index (χ2v) is 8.49. The second-order valence-electron chi connectivity index (χ2n) is 8.06.